The largest absolute Gasteiger partial charge is 0.494 e. The Balaban J connectivity index is 2.68. The van der Waals surface area contributed by atoms with E-state index in [1.165, 1.54) is 12.1 Å². The van der Waals surface area contributed by atoms with Crippen LogP contribution in [0.1, 0.15) is 19.8 Å². The van der Waals surface area contributed by atoms with E-state index in [1.54, 1.807) is 18.2 Å². The summed E-state index contributed by atoms with van der Waals surface area (Å²) in [6.07, 6.45) is 2.01. The Morgan fingerprint density at radius 1 is 1.33 bits per heavy atom. The minimum atomic E-state index is -3.59. The van der Waals surface area contributed by atoms with Crippen LogP contribution in [0.4, 0.5) is 0 Å². The first kappa shape index (κ1) is 14.5. The molecule has 0 aliphatic heterocycles. The monoisotopic (exact) mass is 268 g/mol. The van der Waals surface area contributed by atoms with Crippen LogP contribution in [-0.2, 0) is 10.0 Å². The van der Waals surface area contributed by atoms with Crippen LogP contribution in [0.3, 0.4) is 0 Å². The number of nitrogens with zero attached hydrogens (tertiary/aromatic N) is 1. The molecule has 98 valence electrons. The number of benzene rings is 1. The number of nitriles is 1. The predicted molar refractivity (Wildman–Crippen MR) is 67.6 cm³/mol. The zero-order valence-corrected chi connectivity index (χ0v) is 11.0. The third kappa shape index (κ3) is 4.35. The van der Waals surface area contributed by atoms with E-state index in [4.69, 9.17) is 10.00 Å². The highest BCUT2D eigenvalue weighted by molar-refractivity contribution is 7.89. The highest BCUT2D eigenvalue weighted by atomic mass is 32.2. The average Bonchev–Trinajstić information content (AvgIpc) is 2.37. The molecule has 0 amide bonds. The van der Waals surface area contributed by atoms with Gasteiger partial charge in [0.1, 0.15) is 5.75 Å². The average molecular weight is 268 g/mol. The van der Waals surface area contributed by atoms with E-state index in [1.807, 2.05) is 0 Å². The normalized spacial score (nSPS) is 10.9. The second-order valence-electron chi connectivity index (χ2n) is 3.66. The first-order valence-electron chi connectivity index (χ1n) is 5.69. The van der Waals surface area contributed by atoms with Gasteiger partial charge in [0.2, 0.25) is 10.0 Å². The quantitative estimate of drug-likeness (QED) is 0.602. The molecule has 0 saturated heterocycles. The van der Waals surface area contributed by atoms with Crippen molar-refractivity contribution in [1.82, 2.24) is 4.72 Å². The van der Waals surface area contributed by atoms with Crippen LogP contribution in [0.15, 0.2) is 29.2 Å². The molecule has 1 aromatic carbocycles. The number of unbranched alkanes of at least 4 members (excludes halogenated alkanes) is 1. The minimum absolute atomic E-state index is 0.126. The van der Waals surface area contributed by atoms with Crippen LogP contribution < -0.4 is 9.46 Å². The molecule has 0 aliphatic carbocycles. The lowest BCUT2D eigenvalue weighted by Gasteiger charge is -2.07. The Kier molecular flexibility index (Phi) is 5.62. The smallest absolute Gasteiger partial charge is 0.241 e. The standard InChI is InChI=1S/C12H16N2O3S/c1-2-3-10-17-11-4-6-12(7-5-11)18(15,16)14-9-8-13/h4-7,14H,2-3,9-10H2,1H3. The Hall–Kier alpha value is -1.58. The van der Waals surface area contributed by atoms with Crippen molar-refractivity contribution in [2.24, 2.45) is 0 Å². The molecule has 1 N–H and O–H groups in total. The van der Waals surface area contributed by atoms with Crippen molar-refractivity contribution in [1.29, 1.82) is 5.26 Å². The molecular weight excluding hydrogens is 252 g/mol. The first-order chi connectivity index (χ1) is 8.60. The summed E-state index contributed by atoms with van der Waals surface area (Å²) in [4.78, 5) is 0.126. The molecule has 1 aromatic rings. The Morgan fingerprint density at radius 3 is 2.56 bits per heavy atom. The molecule has 6 heteroatoms. The van der Waals surface area contributed by atoms with Crippen LogP contribution in [0.5, 0.6) is 5.75 Å². The van der Waals surface area contributed by atoms with E-state index < -0.39 is 10.0 Å². The van der Waals surface area contributed by atoms with Gasteiger partial charge < -0.3 is 4.74 Å². The van der Waals surface area contributed by atoms with E-state index in [-0.39, 0.29) is 11.4 Å². The zero-order valence-electron chi connectivity index (χ0n) is 10.2. The third-order valence-electron chi connectivity index (χ3n) is 2.24. The fourth-order valence-electron chi connectivity index (χ4n) is 1.26. The van der Waals surface area contributed by atoms with Gasteiger partial charge in [-0.2, -0.15) is 9.98 Å². The van der Waals surface area contributed by atoms with Crippen LogP contribution in [0.2, 0.25) is 0 Å². The van der Waals surface area contributed by atoms with Crippen molar-refractivity contribution in [2.45, 2.75) is 24.7 Å². The van der Waals surface area contributed by atoms with Crippen molar-refractivity contribution in [3.63, 3.8) is 0 Å². The van der Waals surface area contributed by atoms with E-state index in [0.717, 1.165) is 12.8 Å². The Morgan fingerprint density at radius 2 is 2.00 bits per heavy atom. The topological polar surface area (TPSA) is 79.2 Å². The highest BCUT2D eigenvalue weighted by Gasteiger charge is 2.12. The summed E-state index contributed by atoms with van der Waals surface area (Å²) in [6.45, 7) is 2.45. The molecule has 0 spiro atoms. The molecule has 5 nitrogen and oxygen atoms in total. The van der Waals surface area contributed by atoms with Crippen LogP contribution in [-0.4, -0.2) is 21.6 Å². The number of hydrogen-bond acceptors (Lipinski definition) is 4. The molecule has 0 atom stereocenters. The van der Waals surface area contributed by atoms with Gasteiger partial charge in [-0.15, -0.1) is 0 Å². The summed E-state index contributed by atoms with van der Waals surface area (Å²) in [5.74, 6) is 0.641. The van der Waals surface area contributed by atoms with Gasteiger partial charge in [-0.3, -0.25) is 0 Å². The van der Waals surface area contributed by atoms with E-state index in [2.05, 4.69) is 11.6 Å². The number of nitrogens with one attached hydrogen (secondary N) is 1. The lowest BCUT2D eigenvalue weighted by molar-refractivity contribution is 0.309. The maximum absolute atomic E-state index is 11.7. The van der Waals surface area contributed by atoms with Gasteiger partial charge in [-0.25, -0.2) is 8.42 Å². The molecule has 0 bridgehead atoms. The molecular formula is C12H16N2O3S. The molecule has 0 aliphatic rings. The summed E-state index contributed by atoms with van der Waals surface area (Å²) < 4.78 is 30.9. The second-order valence-corrected chi connectivity index (χ2v) is 5.42. The number of ether oxygens (including phenoxy) is 1. The fourth-order valence-corrected chi connectivity index (χ4v) is 2.18. The summed E-state index contributed by atoms with van der Waals surface area (Å²) in [6, 6.07) is 7.86. The molecule has 0 radical (unpaired) electrons. The van der Waals surface area contributed by atoms with Gasteiger partial charge in [-0.1, -0.05) is 13.3 Å². The lowest BCUT2D eigenvalue weighted by Crippen LogP contribution is -2.23. The molecule has 1 rings (SSSR count). The molecule has 18 heavy (non-hydrogen) atoms. The van der Waals surface area contributed by atoms with Crippen molar-refractivity contribution in [3.05, 3.63) is 24.3 Å². The second kappa shape index (κ2) is 6.99. The van der Waals surface area contributed by atoms with Gasteiger partial charge in [0, 0.05) is 0 Å². The van der Waals surface area contributed by atoms with E-state index in [0.29, 0.717) is 12.4 Å². The molecule has 0 saturated carbocycles. The Labute approximate surface area is 107 Å². The van der Waals surface area contributed by atoms with Crippen LogP contribution in [0.25, 0.3) is 0 Å². The van der Waals surface area contributed by atoms with Crippen molar-refractivity contribution < 1.29 is 13.2 Å². The zero-order chi connectivity index (χ0) is 13.4. The van der Waals surface area contributed by atoms with Gasteiger partial charge >= 0.3 is 0 Å². The van der Waals surface area contributed by atoms with Crippen LogP contribution >= 0.6 is 0 Å². The molecule has 0 aromatic heterocycles. The molecule has 0 fully saturated rings. The third-order valence-corrected chi connectivity index (χ3v) is 3.66. The SMILES string of the molecule is CCCCOc1ccc(S(=O)(=O)NCC#N)cc1. The summed E-state index contributed by atoms with van der Waals surface area (Å²) in [5.41, 5.74) is 0. The fraction of sp³-hybridized carbons (Fsp3) is 0.417. The minimum Gasteiger partial charge on any atom is -0.494 e. The molecule has 0 heterocycles. The molecule has 0 unspecified atom stereocenters. The summed E-state index contributed by atoms with van der Waals surface area (Å²) in [5, 5.41) is 8.34. The Bertz CT molecular complexity index is 503. The maximum Gasteiger partial charge on any atom is 0.241 e. The van der Waals surface area contributed by atoms with Crippen molar-refractivity contribution in [2.75, 3.05) is 13.2 Å². The van der Waals surface area contributed by atoms with E-state index >= 15 is 0 Å². The summed E-state index contributed by atoms with van der Waals surface area (Å²) >= 11 is 0. The number of sulfonamides is 1. The van der Waals surface area contributed by atoms with Crippen molar-refractivity contribution in [3.8, 4) is 11.8 Å². The highest BCUT2D eigenvalue weighted by Crippen LogP contribution is 2.16. The van der Waals surface area contributed by atoms with E-state index in [9.17, 15) is 8.42 Å². The van der Waals surface area contributed by atoms with Gasteiger partial charge in [0.25, 0.3) is 0 Å². The van der Waals surface area contributed by atoms with Crippen LogP contribution in [0, 0.1) is 11.3 Å². The van der Waals surface area contributed by atoms with Gasteiger partial charge in [-0.05, 0) is 30.7 Å². The summed E-state index contributed by atoms with van der Waals surface area (Å²) in [7, 11) is -3.59. The van der Waals surface area contributed by atoms with Crippen molar-refractivity contribution >= 4 is 10.0 Å². The lowest BCUT2D eigenvalue weighted by atomic mass is 10.3. The number of rotatable bonds is 7. The van der Waals surface area contributed by atoms with Gasteiger partial charge in [0.05, 0.1) is 24.1 Å². The predicted octanol–water partition coefficient (Wildman–Crippen LogP) is 1.67. The number of hydrogen-bond donors (Lipinski definition) is 1. The maximum atomic E-state index is 11.7. The van der Waals surface area contributed by atoms with Gasteiger partial charge in [0.15, 0.2) is 0 Å². The first-order valence-corrected chi connectivity index (χ1v) is 7.18.